The fraction of sp³-hybridized carbons (Fsp3) is 0.211. The summed E-state index contributed by atoms with van der Waals surface area (Å²) in [6.45, 7) is 0.0388. The standard InChI is InChI=1S/C19H21ClN4O3/c1-21-19(27)13-6-5-7-14(10-13)22-17(25)11-24(2)12-18(26)23-16-9-4-3-8-15(16)20/h3-10H,11-12H2,1-2H3,(H,21,27)(H,22,25)(H,23,26). The van der Waals surface area contributed by atoms with Crippen LogP contribution in [0.1, 0.15) is 10.4 Å². The third-order valence-electron chi connectivity index (χ3n) is 3.61. The number of carbonyl (C=O) groups is 3. The summed E-state index contributed by atoms with van der Waals surface area (Å²) in [4.78, 5) is 37.5. The molecule has 2 aromatic carbocycles. The van der Waals surface area contributed by atoms with Gasteiger partial charge in [-0.3, -0.25) is 19.3 Å². The molecule has 0 saturated heterocycles. The molecule has 0 heterocycles. The van der Waals surface area contributed by atoms with Crippen molar-refractivity contribution in [1.82, 2.24) is 10.2 Å². The predicted octanol–water partition coefficient (Wildman–Crippen LogP) is 2.21. The van der Waals surface area contributed by atoms with Crippen LogP contribution in [-0.4, -0.2) is 49.8 Å². The minimum Gasteiger partial charge on any atom is -0.355 e. The lowest BCUT2D eigenvalue weighted by Gasteiger charge is -2.16. The van der Waals surface area contributed by atoms with Crippen LogP contribution in [0.15, 0.2) is 48.5 Å². The summed E-state index contributed by atoms with van der Waals surface area (Å²) in [5, 5.41) is 8.38. The van der Waals surface area contributed by atoms with Crippen LogP contribution in [0.3, 0.4) is 0 Å². The highest BCUT2D eigenvalue weighted by molar-refractivity contribution is 6.33. The van der Waals surface area contributed by atoms with Gasteiger partial charge in [0.1, 0.15) is 0 Å². The Hall–Kier alpha value is -2.90. The molecule has 2 aromatic rings. The lowest BCUT2D eigenvalue weighted by atomic mass is 10.2. The Kier molecular flexibility index (Phi) is 7.34. The highest BCUT2D eigenvalue weighted by Crippen LogP contribution is 2.20. The van der Waals surface area contributed by atoms with Gasteiger partial charge in [0.2, 0.25) is 11.8 Å². The highest BCUT2D eigenvalue weighted by atomic mass is 35.5. The van der Waals surface area contributed by atoms with Crippen molar-refractivity contribution >= 4 is 40.7 Å². The van der Waals surface area contributed by atoms with E-state index in [1.54, 1.807) is 60.5 Å². The molecule has 27 heavy (non-hydrogen) atoms. The van der Waals surface area contributed by atoms with Gasteiger partial charge >= 0.3 is 0 Å². The molecular formula is C19H21ClN4O3. The van der Waals surface area contributed by atoms with Crippen molar-refractivity contribution in [2.24, 2.45) is 0 Å². The summed E-state index contributed by atoms with van der Waals surface area (Å²) in [5.41, 5.74) is 1.48. The molecule has 0 radical (unpaired) electrons. The molecule has 0 aromatic heterocycles. The number of anilines is 2. The molecule has 0 spiro atoms. The molecule has 0 fully saturated rings. The fourth-order valence-electron chi connectivity index (χ4n) is 2.38. The zero-order chi connectivity index (χ0) is 19.8. The van der Waals surface area contributed by atoms with E-state index in [2.05, 4.69) is 16.0 Å². The first kappa shape index (κ1) is 20.4. The molecule has 0 saturated carbocycles. The van der Waals surface area contributed by atoms with E-state index >= 15 is 0 Å². The molecular weight excluding hydrogens is 368 g/mol. The molecule has 3 amide bonds. The maximum atomic E-state index is 12.2. The van der Waals surface area contributed by atoms with E-state index in [0.29, 0.717) is 22.0 Å². The van der Waals surface area contributed by atoms with Crippen LogP contribution in [0.25, 0.3) is 0 Å². The number of hydrogen-bond donors (Lipinski definition) is 3. The number of amides is 3. The first-order valence-electron chi connectivity index (χ1n) is 8.24. The van der Waals surface area contributed by atoms with Crippen molar-refractivity contribution in [3.8, 4) is 0 Å². The van der Waals surface area contributed by atoms with E-state index in [1.807, 2.05) is 0 Å². The van der Waals surface area contributed by atoms with Crippen molar-refractivity contribution in [2.45, 2.75) is 0 Å². The average Bonchev–Trinajstić information content (AvgIpc) is 2.62. The summed E-state index contributed by atoms with van der Waals surface area (Å²) in [6.07, 6.45) is 0. The summed E-state index contributed by atoms with van der Waals surface area (Å²) < 4.78 is 0. The molecule has 8 heteroatoms. The van der Waals surface area contributed by atoms with Gasteiger partial charge in [0, 0.05) is 18.3 Å². The number of likely N-dealkylation sites (N-methyl/N-ethyl adjacent to an activating group) is 1. The summed E-state index contributed by atoms with van der Waals surface area (Å²) in [5.74, 6) is -0.809. The molecule has 0 atom stereocenters. The van der Waals surface area contributed by atoms with Gasteiger partial charge in [-0.05, 0) is 37.4 Å². The smallest absolute Gasteiger partial charge is 0.251 e. The zero-order valence-electron chi connectivity index (χ0n) is 15.1. The SMILES string of the molecule is CNC(=O)c1cccc(NC(=O)CN(C)CC(=O)Nc2ccccc2Cl)c1. The monoisotopic (exact) mass is 388 g/mol. The number of nitrogens with one attached hydrogen (secondary N) is 3. The Morgan fingerprint density at radius 2 is 1.63 bits per heavy atom. The van der Waals surface area contributed by atoms with Crippen LogP contribution >= 0.6 is 11.6 Å². The van der Waals surface area contributed by atoms with Crippen molar-refractivity contribution < 1.29 is 14.4 Å². The molecule has 3 N–H and O–H groups in total. The molecule has 142 valence electrons. The second-order valence-electron chi connectivity index (χ2n) is 5.91. The Bertz CT molecular complexity index is 841. The largest absolute Gasteiger partial charge is 0.355 e. The van der Waals surface area contributed by atoms with E-state index in [9.17, 15) is 14.4 Å². The van der Waals surface area contributed by atoms with Crippen LogP contribution < -0.4 is 16.0 Å². The quantitative estimate of drug-likeness (QED) is 0.678. The third kappa shape index (κ3) is 6.40. The van der Waals surface area contributed by atoms with E-state index in [0.717, 1.165) is 0 Å². The van der Waals surface area contributed by atoms with Gasteiger partial charge in [-0.15, -0.1) is 0 Å². The van der Waals surface area contributed by atoms with Crippen molar-refractivity contribution in [3.63, 3.8) is 0 Å². The predicted molar refractivity (Wildman–Crippen MR) is 106 cm³/mol. The molecule has 0 aliphatic carbocycles. The Balaban J connectivity index is 1.85. The van der Waals surface area contributed by atoms with Crippen LogP contribution in [0, 0.1) is 0 Å². The number of nitrogens with zero attached hydrogens (tertiary/aromatic N) is 1. The number of halogens is 1. The first-order valence-corrected chi connectivity index (χ1v) is 8.61. The summed E-state index contributed by atoms with van der Waals surface area (Å²) in [6, 6.07) is 13.5. The van der Waals surface area contributed by atoms with Gasteiger partial charge < -0.3 is 16.0 Å². The number of para-hydroxylation sites is 1. The van der Waals surface area contributed by atoms with Crippen LogP contribution in [0.2, 0.25) is 5.02 Å². The van der Waals surface area contributed by atoms with Crippen LogP contribution in [-0.2, 0) is 9.59 Å². The number of carbonyl (C=O) groups excluding carboxylic acids is 3. The maximum Gasteiger partial charge on any atom is 0.251 e. The molecule has 0 unspecified atom stereocenters. The third-order valence-corrected chi connectivity index (χ3v) is 3.94. The van der Waals surface area contributed by atoms with Gasteiger partial charge in [0.15, 0.2) is 0 Å². The molecule has 0 bridgehead atoms. The zero-order valence-corrected chi connectivity index (χ0v) is 15.8. The van der Waals surface area contributed by atoms with E-state index in [1.165, 1.54) is 7.05 Å². The molecule has 0 aliphatic rings. The van der Waals surface area contributed by atoms with Gasteiger partial charge in [0.05, 0.1) is 23.8 Å². The van der Waals surface area contributed by atoms with Gasteiger partial charge in [-0.1, -0.05) is 29.8 Å². The lowest BCUT2D eigenvalue weighted by molar-refractivity contribution is -0.119. The molecule has 0 aliphatic heterocycles. The Morgan fingerprint density at radius 1 is 0.963 bits per heavy atom. The average molecular weight is 389 g/mol. The summed E-state index contributed by atoms with van der Waals surface area (Å²) in [7, 11) is 3.20. The Morgan fingerprint density at radius 3 is 2.30 bits per heavy atom. The molecule has 7 nitrogen and oxygen atoms in total. The second kappa shape index (κ2) is 9.70. The number of hydrogen-bond acceptors (Lipinski definition) is 4. The van der Waals surface area contributed by atoms with Gasteiger partial charge in [-0.25, -0.2) is 0 Å². The van der Waals surface area contributed by atoms with E-state index < -0.39 is 0 Å². The van der Waals surface area contributed by atoms with Crippen molar-refractivity contribution in [2.75, 3.05) is 37.8 Å². The first-order chi connectivity index (χ1) is 12.9. The maximum absolute atomic E-state index is 12.2. The second-order valence-corrected chi connectivity index (χ2v) is 6.32. The highest BCUT2D eigenvalue weighted by Gasteiger charge is 2.13. The minimum atomic E-state index is -0.294. The van der Waals surface area contributed by atoms with E-state index in [-0.39, 0.29) is 30.8 Å². The molecule has 2 rings (SSSR count). The van der Waals surface area contributed by atoms with Crippen molar-refractivity contribution in [1.29, 1.82) is 0 Å². The Labute approximate surface area is 162 Å². The van der Waals surface area contributed by atoms with Gasteiger partial charge in [0.25, 0.3) is 5.91 Å². The topological polar surface area (TPSA) is 90.5 Å². The van der Waals surface area contributed by atoms with E-state index in [4.69, 9.17) is 11.6 Å². The fourth-order valence-corrected chi connectivity index (χ4v) is 2.56. The number of benzene rings is 2. The van der Waals surface area contributed by atoms with Crippen molar-refractivity contribution in [3.05, 3.63) is 59.1 Å². The van der Waals surface area contributed by atoms with Crippen LogP contribution in [0.4, 0.5) is 11.4 Å². The van der Waals surface area contributed by atoms with Gasteiger partial charge in [-0.2, -0.15) is 0 Å². The van der Waals surface area contributed by atoms with Crippen LogP contribution in [0.5, 0.6) is 0 Å². The lowest BCUT2D eigenvalue weighted by Crippen LogP contribution is -2.36. The normalized spacial score (nSPS) is 10.4. The minimum absolute atomic E-state index is 0.0140. The summed E-state index contributed by atoms with van der Waals surface area (Å²) >= 11 is 6.00. The number of rotatable bonds is 7.